The summed E-state index contributed by atoms with van der Waals surface area (Å²) < 4.78 is 0. The Labute approximate surface area is 106 Å². The second kappa shape index (κ2) is 4.92. The molecular formula is C11H9N3O3S. The fourth-order valence-electron chi connectivity index (χ4n) is 1.25. The van der Waals surface area contributed by atoms with Crippen molar-refractivity contribution in [3.8, 4) is 0 Å². The fourth-order valence-corrected chi connectivity index (χ4v) is 1.91. The largest absolute Gasteiger partial charge is 0.477 e. The van der Waals surface area contributed by atoms with Crippen LogP contribution in [0.25, 0.3) is 0 Å². The number of hydrogen-bond acceptors (Lipinski definition) is 5. The maximum Gasteiger partial charge on any atom is 0.354 e. The molecule has 1 amide bonds. The zero-order valence-electron chi connectivity index (χ0n) is 9.38. The van der Waals surface area contributed by atoms with Crippen LogP contribution in [0, 0.1) is 6.92 Å². The lowest BCUT2D eigenvalue weighted by Gasteiger charge is -2.01. The Morgan fingerprint density at radius 1 is 1.33 bits per heavy atom. The van der Waals surface area contributed by atoms with Crippen LogP contribution < -0.4 is 5.32 Å². The van der Waals surface area contributed by atoms with Gasteiger partial charge in [0, 0.05) is 11.1 Å². The van der Waals surface area contributed by atoms with Crippen molar-refractivity contribution in [3.63, 3.8) is 0 Å². The third-order valence-corrected chi connectivity index (χ3v) is 2.87. The van der Waals surface area contributed by atoms with E-state index < -0.39 is 11.9 Å². The number of anilines is 1. The summed E-state index contributed by atoms with van der Waals surface area (Å²) in [6, 6.07) is 4.24. The summed E-state index contributed by atoms with van der Waals surface area (Å²) in [6.07, 6.45) is 1.64. The number of thiazole rings is 1. The van der Waals surface area contributed by atoms with Crippen LogP contribution in [0.2, 0.25) is 0 Å². The minimum Gasteiger partial charge on any atom is -0.477 e. The normalized spacial score (nSPS) is 10.1. The van der Waals surface area contributed by atoms with Crippen molar-refractivity contribution < 1.29 is 14.7 Å². The lowest BCUT2D eigenvalue weighted by Crippen LogP contribution is -2.15. The van der Waals surface area contributed by atoms with E-state index in [-0.39, 0.29) is 11.4 Å². The number of hydrogen-bond donors (Lipinski definition) is 2. The molecule has 0 aliphatic rings. The third-order valence-electron chi connectivity index (χ3n) is 2.04. The predicted octanol–water partition coefficient (Wildman–Crippen LogP) is 1.80. The highest BCUT2D eigenvalue weighted by Crippen LogP contribution is 2.17. The van der Waals surface area contributed by atoms with Crippen molar-refractivity contribution in [1.82, 2.24) is 9.97 Å². The fraction of sp³-hybridized carbons (Fsp3) is 0.0909. The van der Waals surface area contributed by atoms with Gasteiger partial charge in [-0.15, -0.1) is 11.3 Å². The molecule has 2 heterocycles. The van der Waals surface area contributed by atoms with Gasteiger partial charge in [-0.1, -0.05) is 6.07 Å². The number of carboxylic acids is 1. The van der Waals surface area contributed by atoms with Gasteiger partial charge in [0.25, 0.3) is 5.91 Å². The van der Waals surface area contributed by atoms with E-state index >= 15 is 0 Å². The van der Waals surface area contributed by atoms with Gasteiger partial charge in [0.1, 0.15) is 11.4 Å². The van der Waals surface area contributed by atoms with Crippen molar-refractivity contribution in [2.75, 3.05) is 5.32 Å². The molecule has 0 radical (unpaired) electrons. The monoisotopic (exact) mass is 263 g/mol. The van der Waals surface area contributed by atoms with E-state index in [9.17, 15) is 9.59 Å². The average Bonchev–Trinajstić information content (AvgIpc) is 2.75. The summed E-state index contributed by atoms with van der Waals surface area (Å²) in [7, 11) is 0. The van der Waals surface area contributed by atoms with Crippen molar-refractivity contribution in [1.29, 1.82) is 0 Å². The molecule has 0 bridgehead atoms. The molecular weight excluding hydrogens is 254 g/mol. The molecule has 0 aromatic carbocycles. The van der Waals surface area contributed by atoms with Crippen molar-refractivity contribution in [2.24, 2.45) is 0 Å². The Bertz CT molecular complexity index is 609. The number of carboxylic acid groups (broad SMARTS) is 1. The maximum atomic E-state index is 11.8. The number of aromatic nitrogens is 2. The summed E-state index contributed by atoms with van der Waals surface area (Å²) in [5.41, 5.74) is -0.124. The Balaban J connectivity index is 2.18. The number of carbonyl (C=O) groups is 2. The molecule has 0 atom stereocenters. The van der Waals surface area contributed by atoms with Crippen LogP contribution in [0.4, 0.5) is 5.13 Å². The molecule has 2 aromatic rings. The molecule has 0 saturated carbocycles. The Morgan fingerprint density at radius 3 is 2.67 bits per heavy atom. The highest BCUT2D eigenvalue weighted by Gasteiger charge is 2.12. The first-order chi connectivity index (χ1) is 8.56. The minimum absolute atomic E-state index is 0.0442. The van der Waals surface area contributed by atoms with E-state index in [4.69, 9.17) is 5.11 Å². The molecule has 2 N–H and O–H groups in total. The molecule has 7 heteroatoms. The lowest BCUT2D eigenvalue weighted by molar-refractivity contribution is 0.0690. The highest BCUT2D eigenvalue weighted by molar-refractivity contribution is 7.15. The number of nitrogens with zero attached hydrogens (tertiary/aromatic N) is 2. The van der Waals surface area contributed by atoms with Crippen LogP contribution in [0.1, 0.15) is 25.9 Å². The molecule has 18 heavy (non-hydrogen) atoms. The molecule has 2 aromatic heterocycles. The molecule has 2 rings (SSSR count). The van der Waals surface area contributed by atoms with E-state index in [1.165, 1.54) is 29.5 Å². The van der Waals surface area contributed by atoms with Crippen LogP contribution in [0.5, 0.6) is 0 Å². The Morgan fingerprint density at radius 2 is 2.06 bits per heavy atom. The summed E-state index contributed by atoms with van der Waals surface area (Å²) >= 11 is 1.33. The van der Waals surface area contributed by atoms with E-state index in [0.29, 0.717) is 5.13 Å². The van der Waals surface area contributed by atoms with Crippen molar-refractivity contribution in [2.45, 2.75) is 6.92 Å². The van der Waals surface area contributed by atoms with Gasteiger partial charge < -0.3 is 5.11 Å². The van der Waals surface area contributed by atoms with E-state index in [2.05, 4.69) is 15.3 Å². The topological polar surface area (TPSA) is 92.2 Å². The molecule has 0 aliphatic heterocycles. The van der Waals surface area contributed by atoms with E-state index in [1.807, 2.05) is 6.92 Å². The van der Waals surface area contributed by atoms with Gasteiger partial charge in [-0.05, 0) is 19.1 Å². The van der Waals surface area contributed by atoms with Gasteiger partial charge >= 0.3 is 5.97 Å². The van der Waals surface area contributed by atoms with Crippen molar-refractivity contribution >= 4 is 28.3 Å². The number of amides is 1. The lowest BCUT2D eigenvalue weighted by atomic mass is 10.3. The summed E-state index contributed by atoms with van der Waals surface area (Å²) in [5.74, 6) is -1.65. The molecule has 0 unspecified atom stereocenters. The van der Waals surface area contributed by atoms with Gasteiger partial charge in [0.15, 0.2) is 5.13 Å². The van der Waals surface area contributed by atoms with Gasteiger partial charge in [-0.25, -0.2) is 14.8 Å². The van der Waals surface area contributed by atoms with Gasteiger partial charge in [0.05, 0.1) is 0 Å². The van der Waals surface area contributed by atoms with Crippen LogP contribution >= 0.6 is 11.3 Å². The molecule has 92 valence electrons. The first kappa shape index (κ1) is 12.2. The molecule has 6 nitrogen and oxygen atoms in total. The van der Waals surface area contributed by atoms with Crippen LogP contribution in [0.15, 0.2) is 24.4 Å². The van der Waals surface area contributed by atoms with E-state index in [1.54, 1.807) is 6.20 Å². The number of nitrogens with one attached hydrogen (secondary N) is 1. The maximum absolute atomic E-state index is 11.8. The highest BCUT2D eigenvalue weighted by atomic mass is 32.1. The first-order valence-corrected chi connectivity index (χ1v) is 5.82. The number of pyridine rings is 1. The summed E-state index contributed by atoms with van der Waals surface area (Å²) in [6.45, 7) is 1.87. The second-order valence-electron chi connectivity index (χ2n) is 3.44. The molecule has 0 spiro atoms. The smallest absolute Gasteiger partial charge is 0.354 e. The summed E-state index contributed by atoms with van der Waals surface area (Å²) in [5, 5.41) is 11.8. The number of rotatable bonds is 3. The number of carbonyl (C=O) groups excluding carboxylic acids is 1. The Kier molecular flexibility index (Phi) is 3.33. The number of aromatic carboxylic acids is 1. The molecule has 0 fully saturated rings. The quantitative estimate of drug-likeness (QED) is 0.880. The predicted molar refractivity (Wildman–Crippen MR) is 66.0 cm³/mol. The van der Waals surface area contributed by atoms with Crippen LogP contribution in [-0.4, -0.2) is 27.0 Å². The van der Waals surface area contributed by atoms with Gasteiger partial charge in [-0.3, -0.25) is 10.1 Å². The van der Waals surface area contributed by atoms with Crippen LogP contribution in [-0.2, 0) is 0 Å². The average molecular weight is 263 g/mol. The van der Waals surface area contributed by atoms with Crippen LogP contribution in [0.3, 0.4) is 0 Å². The van der Waals surface area contributed by atoms with E-state index in [0.717, 1.165) is 4.88 Å². The third kappa shape index (κ3) is 2.69. The number of aryl methyl sites for hydroxylation is 1. The zero-order chi connectivity index (χ0) is 13.1. The Hall–Kier alpha value is -2.28. The van der Waals surface area contributed by atoms with Crippen molar-refractivity contribution in [3.05, 3.63) is 40.7 Å². The molecule has 0 aliphatic carbocycles. The SMILES string of the molecule is Cc1cnc(NC(=O)c2cccc(C(=O)O)n2)s1. The standard InChI is InChI=1S/C11H9N3O3S/c1-6-5-12-11(18-6)14-9(15)7-3-2-4-8(13-7)10(16)17/h2-5H,1H3,(H,16,17)(H,12,14,15). The zero-order valence-corrected chi connectivity index (χ0v) is 10.2. The second-order valence-corrected chi connectivity index (χ2v) is 4.68. The molecule has 0 saturated heterocycles. The summed E-state index contributed by atoms with van der Waals surface area (Å²) in [4.78, 5) is 31.2. The van der Waals surface area contributed by atoms with Gasteiger partial charge in [-0.2, -0.15) is 0 Å². The van der Waals surface area contributed by atoms with Gasteiger partial charge in [0.2, 0.25) is 0 Å². The first-order valence-electron chi connectivity index (χ1n) is 5.00. The minimum atomic E-state index is -1.17.